The standard InChI is InChI=1S/C46H31N7/c1-4-14-30(15-5-1)44-48-45(31-16-6-2-7-17-31)50-46(49-44)52-40-23-13-10-20-34(40)36-25-24-33(28-42(36)52)53-41-27-26-37-35-21-11-12-22-39(35)51(32-18-8-3-9-19-32)43(37)38(41)29-47-53/h1-2,4-8,10-29H,3,9H2. The Kier molecular flexibility index (Phi) is 6.54. The number of fused-ring (bicyclic) bond motifs is 8. The molecule has 7 nitrogen and oxygen atoms in total. The Balaban J connectivity index is 1.15. The molecule has 0 radical (unpaired) electrons. The zero-order valence-corrected chi connectivity index (χ0v) is 28.6. The Morgan fingerprint density at radius 3 is 1.79 bits per heavy atom. The fourth-order valence-electron chi connectivity index (χ4n) is 8.00. The molecule has 11 rings (SSSR count). The Morgan fingerprint density at radius 1 is 0.472 bits per heavy atom. The van der Waals surface area contributed by atoms with E-state index in [1.165, 1.54) is 27.5 Å². The molecule has 0 spiro atoms. The van der Waals surface area contributed by atoms with Crippen LogP contribution in [-0.4, -0.2) is 33.9 Å². The van der Waals surface area contributed by atoms with Crippen LogP contribution in [0.4, 0.5) is 0 Å². The van der Waals surface area contributed by atoms with Crippen molar-refractivity contribution >= 4 is 60.2 Å². The summed E-state index contributed by atoms with van der Waals surface area (Å²) in [5, 5.41) is 10.9. The first kappa shape index (κ1) is 29.6. The molecule has 1 aliphatic rings. The summed E-state index contributed by atoms with van der Waals surface area (Å²) in [4.78, 5) is 15.2. The van der Waals surface area contributed by atoms with Gasteiger partial charge in [-0.1, -0.05) is 115 Å². The Hall–Kier alpha value is -7.12. The first-order valence-corrected chi connectivity index (χ1v) is 18.0. The summed E-state index contributed by atoms with van der Waals surface area (Å²) in [7, 11) is 0. The molecule has 0 N–H and O–H groups in total. The Morgan fingerprint density at radius 2 is 1.09 bits per heavy atom. The van der Waals surface area contributed by atoms with Gasteiger partial charge < -0.3 is 4.57 Å². The zero-order chi connectivity index (χ0) is 34.9. The lowest BCUT2D eigenvalue weighted by Gasteiger charge is -2.13. The van der Waals surface area contributed by atoms with E-state index in [0.29, 0.717) is 17.6 Å². The van der Waals surface area contributed by atoms with Crippen LogP contribution in [0.15, 0.2) is 164 Å². The average Bonchev–Trinajstić information content (AvgIpc) is 3.92. The highest BCUT2D eigenvalue weighted by Crippen LogP contribution is 2.39. The van der Waals surface area contributed by atoms with Gasteiger partial charge in [-0.2, -0.15) is 15.1 Å². The van der Waals surface area contributed by atoms with Crippen molar-refractivity contribution in [3.05, 3.63) is 164 Å². The number of allylic oxidation sites excluding steroid dienone is 4. The molecule has 10 aromatic rings. The van der Waals surface area contributed by atoms with E-state index in [4.69, 9.17) is 20.1 Å². The summed E-state index contributed by atoms with van der Waals surface area (Å²) in [5.74, 6) is 1.81. The fourth-order valence-corrected chi connectivity index (χ4v) is 8.00. The minimum Gasteiger partial charge on any atom is -0.309 e. The third-order valence-corrected chi connectivity index (χ3v) is 10.4. The number of hydrogen-bond acceptors (Lipinski definition) is 4. The number of benzene rings is 6. The second-order valence-corrected chi connectivity index (χ2v) is 13.5. The smallest absolute Gasteiger partial charge is 0.238 e. The predicted molar refractivity (Wildman–Crippen MR) is 215 cm³/mol. The molecule has 0 bridgehead atoms. The predicted octanol–water partition coefficient (Wildman–Crippen LogP) is 10.9. The molecule has 0 saturated heterocycles. The van der Waals surface area contributed by atoms with Crippen molar-refractivity contribution in [2.45, 2.75) is 12.8 Å². The Labute approximate surface area is 304 Å². The van der Waals surface area contributed by atoms with E-state index in [9.17, 15) is 0 Å². The topological polar surface area (TPSA) is 66.3 Å². The van der Waals surface area contributed by atoms with E-state index in [2.05, 4.69) is 111 Å². The van der Waals surface area contributed by atoms with Gasteiger partial charge in [-0.25, -0.2) is 9.67 Å². The largest absolute Gasteiger partial charge is 0.309 e. The molecule has 250 valence electrons. The molecular weight excluding hydrogens is 651 g/mol. The fraction of sp³-hybridized carbons (Fsp3) is 0.0435. The third kappa shape index (κ3) is 4.60. The normalized spacial score (nSPS) is 13.2. The molecule has 0 fully saturated rings. The van der Waals surface area contributed by atoms with Crippen molar-refractivity contribution in [3.8, 4) is 34.4 Å². The maximum atomic E-state index is 5.13. The maximum absolute atomic E-state index is 5.13. The lowest BCUT2D eigenvalue weighted by atomic mass is 10.1. The number of hydrogen-bond donors (Lipinski definition) is 0. The van der Waals surface area contributed by atoms with Crippen LogP contribution in [-0.2, 0) is 0 Å². The van der Waals surface area contributed by atoms with Gasteiger partial charge in [0, 0.05) is 43.8 Å². The molecule has 6 aromatic carbocycles. The Bertz CT molecular complexity index is 3050. The van der Waals surface area contributed by atoms with Crippen LogP contribution in [0.25, 0.3) is 94.6 Å². The number of rotatable bonds is 5. The molecular formula is C46H31N7. The third-order valence-electron chi connectivity index (χ3n) is 10.4. The van der Waals surface area contributed by atoms with Gasteiger partial charge in [-0.3, -0.25) is 4.57 Å². The van der Waals surface area contributed by atoms with Gasteiger partial charge in [0.1, 0.15) is 0 Å². The quantitative estimate of drug-likeness (QED) is 0.181. The highest BCUT2D eigenvalue weighted by molar-refractivity contribution is 6.19. The maximum Gasteiger partial charge on any atom is 0.238 e. The number of aromatic nitrogens is 7. The van der Waals surface area contributed by atoms with Crippen LogP contribution >= 0.6 is 0 Å². The molecule has 0 unspecified atom stereocenters. The molecule has 53 heavy (non-hydrogen) atoms. The summed E-state index contributed by atoms with van der Waals surface area (Å²) in [6.07, 6.45) is 11.0. The van der Waals surface area contributed by atoms with Crippen LogP contribution in [0.3, 0.4) is 0 Å². The summed E-state index contributed by atoms with van der Waals surface area (Å²) in [5.41, 5.74) is 9.46. The highest BCUT2D eigenvalue weighted by Gasteiger charge is 2.21. The van der Waals surface area contributed by atoms with Crippen molar-refractivity contribution in [1.82, 2.24) is 33.9 Å². The molecule has 0 amide bonds. The lowest BCUT2D eigenvalue weighted by molar-refractivity contribution is 0.909. The molecule has 0 saturated carbocycles. The van der Waals surface area contributed by atoms with Gasteiger partial charge in [0.05, 0.1) is 39.5 Å². The van der Waals surface area contributed by atoms with Gasteiger partial charge >= 0.3 is 0 Å². The van der Waals surface area contributed by atoms with Gasteiger partial charge in [0.25, 0.3) is 0 Å². The number of nitrogens with zero attached hydrogens (tertiary/aromatic N) is 7. The van der Waals surface area contributed by atoms with Crippen molar-refractivity contribution in [2.75, 3.05) is 0 Å². The monoisotopic (exact) mass is 681 g/mol. The van der Waals surface area contributed by atoms with Crippen LogP contribution in [0.2, 0.25) is 0 Å². The SMILES string of the molecule is C1=CC(n2c3ccccc3c3ccc4c(cnn4-c4ccc5c6ccccc6n(-c6nc(-c7ccccc7)nc(-c7ccccc7)n6)c5c4)c32)=CCC1. The van der Waals surface area contributed by atoms with E-state index < -0.39 is 0 Å². The molecule has 1 aliphatic carbocycles. The van der Waals surface area contributed by atoms with Crippen molar-refractivity contribution in [3.63, 3.8) is 0 Å². The first-order chi connectivity index (χ1) is 26.3. The van der Waals surface area contributed by atoms with Crippen LogP contribution < -0.4 is 0 Å². The summed E-state index contributed by atoms with van der Waals surface area (Å²) in [6, 6.07) is 48.4. The lowest BCUT2D eigenvalue weighted by Crippen LogP contribution is -2.06. The second-order valence-electron chi connectivity index (χ2n) is 13.5. The molecule has 0 aliphatic heterocycles. The van der Waals surface area contributed by atoms with E-state index in [0.717, 1.165) is 62.4 Å². The minimum absolute atomic E-state index is 0.561. The van der Waals surface area contributed by atoms with Crippen LogP contribution in [0, 0.1) is 0 Å². The van der Waals surface area contributed by atoms with Crippen molar-refractivity contribution in [1.29, 1.82) is 0 Å². The first-order valence-electron chi connectivity index (χ1n) is 18.0. The summed E-state index contributed by atoms with van der Waals surface area (Å²) in [6.45, 7) is 0. The number of para-hydroxylation sites is 2. The molecule has 4 heterocycles. The highest BCUT2D eigenvalue weighted by atomic mass is 15.3. The minimum atomic E-state index is 0.561. The van der Waals surface area contributed by atoms with E-state index in [1.54, 1.807) is 0 Å². The zero-order valence-electron chi connectivity index (χ0n) is 28.6. The van der Waals surface area contributed by atoms with Gasteiger partial charge in [0.2, 0.25) is 5.95 Å². The van der Waals surface area contributed by atoms with Crippen LogP contribution in [0.1, 0.15) is 12.8 Å². The second kappa shape index (κ2) is 11.7. The molecule has 0 atom stereocenters. The van der Waals surface area contributed by atoms with Gasteiger partial charge in [-0.05, 0) is 55.3 Å². The average molecular weight is 682 g/mol. The van der Waals surface area contributed by atoms with E-state index >= 15 is 0 Å². The van der Waals surface area contributed by atoms with E-state index in [1.807, 2.05) is 66.9 Å². The van der Waals surface area contributed by atoms with Crippen LogP contribution in [0.5, 0.6) is 0 Å². The van der Waals surface area contributed by atoms with Gasteiger partial charge in [-0.15, -0.1) is 0 Å². The van der Waals surface area contributed by atoms with Gasteiger partial charge in [0.15, 0.2) is 11.6 Å². The molecule has 7 heteroatoms. The molecule has 4 aromatic heterocycles. The van der Waals surface area contributed by atoms with Crippen molar-refractivity contribution < 1.29 is 0 Å². The van der Waals surface area contributed by atoms with E-state index in [-0.39, 0.29) is 0 Å². The summed E-state index contributed by atoms with van der Waals surface area (Å²) >= 11 is 0. The summed E-state index contributed by atoms with van der Waals surface area (Å²) < 4.78 is 6.63. The van der Waals surface area contributed by atoms with Crippen molar-refractivity contribution in [2.24, 2.45) is 0 Å².